The van der Waals surface area contributed by atoms with Gasteiger partial charge in [0, 0.05) is 17.8 Å². The first kappa shape index (κ1) is 17.8. The van der Waals surface area contributed by atoms with Crippen LogP contribution in [0.5, 0.6) is 0 Å². The van der Waals surface area contributed by atoms with Gasteiger partial charge in [-0.3, -0.25) is 4.79 Å². The lowest BCUT2D eigenvalue weighted by Gasteiger charge is -2.29. The van der Waals surface area contributed by atoms with Crippen molar-refractivity contribution in [1.82, 2.24) is 10.1 Å². The second kappa shape index (κ2) is 7.96. The molecular weight excluding hydrogens is 358 g/mol. The Kier molecular flexibility index (Phi) is 5.25. The predicted molar refractivity (Wildman–Crippen MR) is 108 cm³/mol. The number of fused-ring (bicyclic) bond motifs is 1. The number of nitrogens with zero attached hydrogens (tertiary/aromatic N) is 3. The molecule has 0 bridgehead atoms. The Morgan fingerprint density at radius 2 is 2.00 bits per heavy atom. The second-order valence-corrected chi connectivity index (χ2v) is 7.63. The SMILES string of the molecule is Cc1ccc(-c2noc(CSCC(=O)N3CCCc4ccccc43)n2)cc1. The van der Waals surface area contributed by atoms with Crippen molar-refractivity contribution in [3.8, 4) is 11.4 Å². The molecule has 1 aliphatic heterocycles. The van der Waals surface area contributed by atoms with Gasteiger partial charge in [0.25, 0.3) is 0 Å². The van der Waals surface area contributed by atoms with Crippen LogP contribution < -0.4 is 4.90 Å². The zero-order valence-corrected chi connectivity index (χ0v) is 16.0. The molecule has 0 N–H and O–H groups in total. The van der Waals surface area contributed by atoms with E-state index in [1.807, 2.05) is 54.3 Å². The fourth-order valence-electron chi connectivity index (χ4n) is 3.23. The first-order valence-corrected chi connectivity index (χ1v) is 10.2. The highest BCUT2D eigenvalue weighted by Crippen LogP contribution is 2.27. The number of benzene rings is 2. The van der Waals surface area contributed by atoms with E-state index in [1.54, 1.807) is 0 Å². The summed E-state index contributed by atoms with van der Waals surface area (Å²) in [6.07, 6.45) is 2.05. The van der Waals surface area contributed by atoms with Crippen LogP contribution in [-0.4, -0.2) is 28.3 Å². The van der Waals surface area contributed by atoms with Crippen LogP contribution >= 0.6 is 11.8 Å². The van der Waals surface area contributed by atoms with E-state index in [0.29, 0.717) is 23.2 Å². The van der Waals surface area contributed by atoms with Gasteiger partial charge in [0.15, 0.2) is 0 Å². The summed E-state index contributed by atoms with van der Waals surface area (Å²) < 4.78 is 5.33. The number of aromatic nitrogens is 2. The monoisotopic (exact) mass is 379 g/mol. The normalized spacial score (nSPS) is 13.4. The molecular formula is C21H21N3O2S. The summed E-state index contributed by atoms with van der Waals surface area (Å²) in [5, 5.41) is 4.04. The van der Waals surface area contributed by atoms with Crippen molar-refractivity contribution in [2.45, 2.75) is 25.5 Å². The van der Waals surface area contributed by atoms with Gasteiger partial charge in [-0.25, -0.2) is 0 Å². The van der Waals surface area contributed by atoms with Gasteiger partial charge >= 0.3 is 0 Å². The zero-order chi connectivity index (χ0) is 18.6. The molecule has 0 atom stereocenters. The lowest BCUT2D eigenvalue weighted by Crippen LogP contribution is -2.36. The van der Waals surface area contributed by atoms with E-state index in [1.165, 1.54) is 22.9 Å². The summed E-state index contributed by atoms with van der Waals surface area (Å²) in [4.78, 5) is 19.0. The van der Waals surface area contributed by atoms with E-state index in [4.69, 9.17) is 4.52 Å². The largest absolute Gasteiger partial charge is 0.338 e. The highest BCUT2D eigenvalue weighted by molar-refractivity contribution is 7.99. The van der Waals surface area contributed by atoms with Crippen LogP contribution in [0.15, 0.2) is 53.1 Å². The average molecular weight is 379 g/mol. The molecule has 0 unspecified atom stereocenters. The van der Waals surface area contributed by atoms with Gasteiger partial charge in [-0.15, -0.1) is 11.8 Å². The van der Waals surface area contributed by atoms with Crippen LogP contribution in [-0.2, 0) is 17.0 Å². The summed E-state index contributed by atoms with van der Waals surface area (Å²) in [5.74, 6) is 2.19. The Bertz CT molecular complexity index is 937. The number of carbonyl (C=O) groups is 1. The zero-order valence-electron chi connectivity index (χ0n) is 15.2. The highest BCUT2D eigenvalue weighted by atomic mass is 32.2. The minimum Gasteiger partial charge on any atom is -0.338 e. The van der Waals surface area contributed by atoms with Crippen LogP contribution in [0.25, 0.3) is 11.4 Å². The van der Waals surface area contributed by atoms with Crippen LogP contribution in [0.3, 0.4) is 0 Å². The number of amides is 1. The maximum atomic E-state index is 12.6. The topological polar surface area (TPSA) is 59.2 Å². The average Bonchev–Trinajstić information content (AvgIpc) is 3.17. The summed E-state index contributed by atoms with van der Waals surface area (Å²) in [6.45, 7) is 2.83. The number of para-hydroxylation sites is 1. The lowest BCUT2D eigenvalue weighted by atomic mass is 10.0. The molecule has 3 aromatic rings. The molecule has 1 amide bonds. The third kappa shape index (κ3) is 4.06. The standard InChI is InChI=1S/C21H21N3O2S/c1-15-8-10-17(11-9-15)21-22-19(26-23-21)13-27-14-20(25)24-12-4-6-16-5-2-3-7-18(16)24/h2-3,5,7-11H,4,6,12-14H2,1H3. The van der Waals surface area contributed by atoms with E-state index < -0.39 is 0 Å². The van der Waals surface area contributed by atoms with Crippen molar-refractivity contribution in [3.05, 3.63) is 65.5 Å². The Balaban J connectivity index is 1.34. The van der Waals surface area contributed by atoms with Crippen molar-refractivity contribution in [2.24, 2.45) is 0 Å². The van der Waals surface area contributed by atoms with Crippen molar-refractivity contribution in [3.63, 3.8) is 0 Å². The predicted octanol–water partition coefficient (Wildman–Crippen LogP) is 4.26. The number of anilines is 1. The molecule has 1 aliphatic rings. The van der Waals surface area contributed by atoms with E-state index >= 15 is 0 Å². The molecule has 0 radical (unpaired) electrons. The van der Waals surface area contributed by atoms with Gasteiger partial charge < -0.3 is 9.42 Å². The lowest BCUT2D eigenvalue weighted by molar-refractivity contribution is -0.116. The molecule has 0 fully saturated rings. The first-order valence-electron chi connectivity index (χ1n) is 9.06. The summed E-state index contributed by atoms with van der Waals surface area (Å²) in [6, 6.07) is 16.2. The smallest absolute Gasteiger partial charge is 0.236 e. The third-order valence-corrected chi connectivity index (χ3v) is 5.54. The van der Waals surface area contributed by atoms with Gasteiger partial charge in [0.05, 0.1) is 11.5 Å². The maximum absolute atomic E-state index is 12.6. The summed E-state index contributed by atoms with van der Waals surface area (Å²) >= 11 is 1.51. The Morgan fingerprint density at radius 1 is 1.19 bits per heavy atom. The van der Waals surface area contributed by atoms with Crippen molar-refractivity contribution < 1.29 is 9.32 Å². The molecule has 2 heterocycles. The maximum Gasteiger partial charge on any atom is 0.236 e. The molecule has 0 spiro atoms. The number of hydrogen-bond acceptors (Lipinski definition) is 5. The Morgan fingerprint density at radius 3 is 2.85 bits per heavy atom. The third-order valence-electron chi connectivity index (χ3n) is 4.64. The van der Waals surface area contributed by atoms with Gasteiger partial charge in [-0.2, -0.15) is 4.98 Å². The minimum absolute atomic E-state index is 0.130. The van der Waals surface area contributed by atoms with Crippen LogP contribution in [0.2, 0.25) is 0 Å². The second-order valence-electron chi connectivity index (χ2n) is 6.65. The molecule has 5 nitrogen and oxygen atoms in total. The Hall–Kier alpha value is -2.60. The number of rotatable bonds is 5. The van der Waals surface area contributed by atoms with E-state index in [9.17, 15) is 4.79 Å². The molecule has 27 heavy (non-hydrogen) atoms. The van der Waals surface area contributed by atoms with Crippen molar-refractivity contribution >= 4 is 23.4 Å². The number of aryl methyl sites for hydroxylation is 2. The van der Waals surface area contributed by atoms with E-state index in [2.05, 4.69) is 16.2 Å². The van der Waals surface area contributed by atoms with Crippen molar-refractivity contribution in [1.29, 1.82) is 0 Å². The number of thioether (sulfide) groups is 1. The number of hydrogen-bond donors (Lipinski definition) is 0. The number of carbonyl (C=O) groups excluding carboxylic acids is 1. The molecule has 1 aromatic heterocycles. The van der Waals surface area contributed by atoms with Gasteiger partial charge in [-0.05, 0) is 31.4 Å². The van der Waals surface area contributed by atoms with E-state index in [-0.39, 0.29) is 5.91 Å². The van der Waals surface area contributed by atoms with Crippen molar-refractivity contribution in [2.75, 3.05) is 17.2 Å². The molecule has 0 aliphatic carbocycles. The Labute approximate surface area is 162 Å². The minimum atomic E-state index is 0.130. The van der Waals surface area contributed by atoms with Gasteiger partial charge in [0.2, 0.25) is 17.6 Å². The quantitative estimate of drug-likeness (QED) is 0.663. The van der Waals surface area contributed by atoms with Gasteiger partial charge in [-0.1, -0.05) is 53.2 Å². The van der Waals surface area contributed by atoms with Crippen LogP contribution in [0.1, 0.15) is 23.4 Å². The molecule has 2 aromatic carbocycles. The summed E-state index contributed by atoms with van der Waals surface area (Å²) in [5.41, 5.74) is 4.42. The summed E-state index contributed by atoms with van der Waals surface area (Å²) in [7, 11) is 0. The van der Waals surface area contributed by atoms with Crippen LogP contribution in [0, 0.1) is 6.92 Å². The molecule has 6 heteroatoms. The van der Waals surface area contributed by atoms with Crippen LogP contribution in [0.4, 0.5) is 5.69 Å². The molecule has 0 saturated carbocycles. The van der Waals surface area contributed by atoms with Gasteiger partial charge in [0.1, 0.15) is 0 Å². The molecule has 0 saturated heterocycles. The molecule has 4 rings (SSSR count). The fourth-order valence-corrected chi connectivity index (χ4v) is 3.95. The fraction of sp³-hybridized carbons (Fsp3) is 0.286. The highest BCUT2D eigenvalue weighted by Gasteiger charge is 2.22. The van der Waals surface area contributed by atoms with E-state index in [0.717, 1.165) is 30.6 Å². The first-order chi connectivity index (χ1) is 13.2. The molecule has 138 valence electrons.